The fourth-order valence-corrected chi connectivity index (χ4v) is 2.96. The summed E-state index contributed by atoms with van der Waals surface area (Å²) in [4.78, 5) is 15.9. The molecule has 0 amide bonds. The Bertz CT molecular complexity index is 875. The molecule has 0 saturated heterocycles. The van der Waals surface area contributed by atoms with Crippen LogP contribution in [0.1, 0.15) is 22.3 Å². The lowest BCUT2D eigenvalue weighted by molar-refractivity contribution is 0.0472. The van der Waals surface area contributed by atoms with Crippen LogP contribution >= 0.6 is 11.6 Å². The number of nitriles is 1. The molecular weight excluding hydrogens is 366 g/mol. The van der Waals surface area contributed by atoms with Crippen molar-refractivity contribution in [2.24, 2.45) is 0 Å². The monoisotopic (exact) mass is 379 g/mol. The van der Waals surface area contributed by atoms with Gasteiger partial charge in [0, 0.05) is 24.7 Å². The molecule has 1 heterocycles. The zero-order chi connectivity index (χ0) is 18.3. The van der Waals surface area contributed by atoms with Crippen LogP contribution in [0.2, 0.25) is 5.15 Å². The van der Waals surface area contributed by atoms with Crippen LogP contribution in [-0.2, 0) is 21.4 Å². The van der Waals surface area contributed by atoms with E-state index < -0.39 is 16.0 Å². The number of nitrogens with zero attached hydrogens (tertiary/aromatic N) is 2. The molecular formula is C16H14ClN3O4S. The summed E-state index contributed by atoms with van der Waals surface area (Å²) in [5.74, 6) is -0.587. The van der Waals surface area contributed by atoms with Crippen molar-refractivity contribution in [3.05, 3.63) is 58.9 Å². The maximum Gasteiger partial charge on any atom is 0.338 e. The largest absolute Gasteiger partial charge is 0.457 e. The minimum atomic E-state index is -3.71. The molecule has 9 heteroatoms. The van der Waals surface area contributed by atoms with Gasteiger partial charge in [-0.15, -0.1) is 0 Å². The van der Waals surface area contributed by atoms with Crippen LogP contribution in [0.25, 0.3) is 0 Å². The van der Waals surface area contributed by atoms with Crippen LogP contribution in [0.4, 0.5) is 0 Å². The molecule has 0 aliphatic carbocycles. The molecule has 2 rings (SSSR count). The fourth-order valence-electron chi connectivity index (χ4n) is 1.82. The van der Waals surface area contributed by atoms with E-state index in [0.29, 0.717) is 10.7 Å². The number of hydrogen-bond acceptors (Lipinski definition) is 6. The first-order chi connectivity index (χ1) is 11.9. The second-order valence-electron chi connectivity index (χ2n) is 4.90. The van der Waals surface area contributed by atoms with Gasteiger partial charge >= 0.3 is 5.97 Å². The molecule has 0 atom stereocenters. The highest BCUT2D eigenvalue weighted by Gasteiger charge is 2.15. The molecule has 25 heavy (non-hydrogen) atoms. The lowest BCUT2D eigenvalue weighted by Crippen LogP contribution is -2.24. The van der Waals surface area contributed by atoms with E-state index in [1.165, 1.54) is 30.5 Å². The standard InChI is InChI=1S/C16H14ClN3O4S/c17-15-7-2-12(10-19-15)11-24-16(21)13-3-5-14(6-4-13)25(22,23)20-9-1-8-18/h2-7,10,20H,1,9,11H2. The summed E-state index contributed by atoms with van der Waals surface area (Å²) in [5, 5.41) is 8.77. The van der Waals surface area contributed by atoms with Gasteiger partial charge in [-0.3, -0.25) is 0 Å². The van der Waals surface area contributed by atoms with Gasteiger partial charge in [0.25, 0.3) is 0 Å². The first kappa shape index (κ1) is 18.9. The van der Waals surface area contributed by atoms with Crippen LogP contribution in [0.3, 0.4) is 0 Å². The van der Waals surface area contributed by atoms with Gasteiger partial charge in [-0.2, -0.15) is 5.26 Å². The molecule has 0 aliphatic rings. The Morgan fingerprint density at radius 3 is 2.56 bits per heavy atom. The van der Waals surface area contributed by atoms with Crippen LogP contribution in [-0.4, -0.2) is 25.9 Å². The highest BCUT2D eigenvalue weighted by Crippen LogP contribution is 2.13. The van der Waals surface area contributed by atoms with Crippen molar-refractivity contribution in [2.75, 3.05) is 6.54 Å². The normalized spacial score (nSPS) is 10.9. The van der Waals surface area contributed by atoms with Gasteiger partial charge in [0.1, 0.15) is 11.8 Å². The van der Waals surface area contributed by atoms with Crippen molar-refractivity contribution in [3.8, 4) is 6.07 Å². The van der Waals surface area contributed by atoms with Gasteiger partial charge in [0.15, 0.2) is 0 Å². The van der Waals surface area contributed by atoms with Crippen molar-refractivity contribution in [1.82, 2.24) is 9.71 Å². The molecule has 0 saturated carbocycles. The third kappa shape index (κ3) is 5.53. The van der Waals surface area contributed by atoms with Crippen molar-refractivity contribution < 1.29 is 17.9 Å². The fraction of sp³-hybridized carbons (Fsp3) is 0.188. The van der Waals surface area contributed by atoms with Gasteiger partial charge < -0.3 is 4.74 Å². The highest BCUT2D eigenvalue weighted by molar-refractivity contribution is 7.89. The van der Waals surface area contributed by atoms with Crippen LogP contribution in [0.15, 0.2) is 47.5 Å². The molecule has 0 radical (unpaired) electrons. The number of sulfonamides is 1. The average molecular weight is 380 g/mol. The lowest BCUT2D eigenvalue weighted by Gasteiger charge is -2.07. The summed E-state index contributed by atoms with van der Waals surface area (Å²) in [7, 11) is -3.71. The van der Waals surface area contributed by atoms with E-state index in [4.69, 9.17) is 21.6 Å². The van der Waals surface area contributed by atoms with Gasteiger partial charge in [-0.05, 0) is 30.3 Å². The summed E-state index contributed by atoms with van der Waals surface area (Å²) in [6.07, 6.45) is 1.57. The Balaban J connectivity index is 1.97. The van der Waals surface area contributed by atoms with Gasteiger partial charge in [-0.1, -0.05) is 17.7 Å². The second kappa shape index (κ2) is 8.58. The Morgan fingerprint density at radius 2 is 1.96 bits per heavy atom. The summed E-state index contributed by atoms with van der Waals surface area (Å²) >= 11 is 5.67. The van der Waals surface area contributed by atoms with Crippen molar-refractivity contribution in [2.45, 2.75) is 17.9 Å². The summed E-state index contributed by atoms with van der Waals surface area (Å²) in [6, 6.07) is 10.4. The molecule has 1 aromatic carbocycles. The Morgan fingerprint density at radius 1 is 1.24 bits per heavy atom. The molecule has 0 bridgehead atoms. The van der Waals surface area contributed by atoms with E-state index in [-0.39, 0.29) is 30.0 Å². The van der Waals surface area contributed by atoms with Crippen LogP contribution in [0.5, 0.6) is 0 Å². The number of carbonyl (C=O) groups is 1. The van der Waals surface area contributed by atoms with Crippen molar-refractivity contribution in [3.63, 3.8) is 0 Å². The zero-order valence-electron chi connectivity index (χ0n) is 13.0. The molecule has 1 aromatic heterocycles. The number of esters is 1. The van der Waals surface area contributed by atoms with E-state index in [0.717, 1.165) is 0 Å². The quantitative estimate of drug-likeness (QED) is 0.449. The summed E-state index contributed by atoms with van der Waals surface area (Å²) in [5.41, 5.74) is 0.900. The van der Waals surface area contributed by atoms with Crippen LogP contribution < -0.4 is 4.72 Å². The number of benzene rings is 1. The van der Waals surface area contributed by atoms with Crippen molar-refractivity contribution in [1.29, 1.82) is 5.26 Å². The van der Waals surface area contributed by atoms with Crippen molar-refractivity contribution >= 4 is 27.6 Å². The number of hydrogen-bond donors (Lipinski definition) is 1. The Kier molecular flexibility index (Phi) is 6.47. The SMILES string of the molecule is N#CCCNS(=O)(=O)c1ccc(C(=O)OCc2ccc(Cl)nc2)cc1. The maximum absolute atomic E-state index is 12.0. The minimum absolute atomic E-state index is 0.00360. The topological polar surface area (TPSA) is 109 Å². The molecule has 1 N–H and O–H groups in total. The number of ether oxygens (including phenoxy) is 1. The number of nitrogens with one attached hydrogen (secondary N) is 1. The number of carbonyl (C=O) groups excluding carboxylic acids is 1. The number of halogens is 1. The van der Waals surface area contributed by atoms with Gasteiger partial charge in [0.05, 0.1) is 16.5 Å². The first-order valence-electron chi connectivity index (χ1n) is 7.16. The summed E-state index contributed by atoms with van der Waals surface area (Å²) in [6.45, 7) is 0.0521. The number of rotatable bonds is 7. The molecule has 7 nitrogen and oxygen atoms in total. The third-order valence-electron chi connectivity index (χ3n) is 3.09. The lowest BCUT2D eigenvalue weighted by atomic mass is 10.2. The average Bonchev–Trinajstić information content (AvgIpc) is 2.61. The maximum atomic E-state index is 12.0. The van der Waals surface area contributed by atoms with E-state index in [1.807, 2.05) is 6.07 Å². The third-order valence-corrected chi connectivity index (χ3v) is 4.79. The predicted octanol–water partition coefficient (Wildman–Crippen LogP) is 2.28. The number of aromatic nitrogens is 1. The Hall–Kier alpha value is -2.47. The molecule has 130 valence electrons. The molecule has 0 fully saturated rings. The van der Waals surface area contributed by atoms with Crippen LogP contribution in [0, 0.1) is 11.3 Å². The van der Waals surface area contributed by atoms with E-state index in [9.17, 15) is 13.2 Å². The number of pyridine rings is 1. The molecule has 0 aliphatic heterocycles. The molecule has 0 unspecified atom stereocenters. The van der Waals surface area contributed by atoms with Gasteiger partial charge in [0.2, 0.25) is 10.0 Å². The first-order valence-corrected chi connectivity index (χ1v) is 9.03. The zero-order valence-corrected chi connectivity index (χ0v) is 14.5. The van der Waals surface area contributed by atoms with E-state index in [1.54, 1.807) is 12.1 Å². The smallest absolute Gasteiger partial charge is 0.338 e. The minimum Gasteiger partial charge on any atom is -0.457 e. The predicted molar refractivity (Wildman–Crippen MR) is 90.2 cm³/mol. The molecule has 2 aromatic rings. The highest BCUT2D eigenvalue weighted by atomic mass is 35.5. The molecule has 0 spiro atoms. The van der Waals surface area contributed by atoms with E-state index >= 15 is 0 Å². The second-order valence-corrected chi connectivity index (χ2v) is 7.05. The van der Waals surface area contributed by atoms with E-state index in [2.05, 4.69) is 9.71 Å². The summed E-state index contributed by atoms with van der Waals surface area (Å²) < 4.78 is 31.4. The Labute approximate surface area is 150 Å². The van der Waals surface area contributed by atoms with Gasteiger partial charge in [-0.25, -0.2) is 22.9 Å².